The van der Waals surface area contributed by atoms with E-state index in [4.69, 9.17) is 4.74 Å². The van der Waals surface area contributed by atoms with Crippen molar-refractivity contribution < 1.29 is 24.2 Å². The fourth-order valence-corrected chi connectivity index (χ4v) is 8.29. The molecule has 2 aromatic rings. The molecule has 0 bridgehead atoms. The highest BCUT2D eigenvalue weighted by Gasteiger charge is 2.65. The Bertz CT molecular complexity index is 1220. The number of unbranched alkanes of at least 4 members (excludes halogenated alkanes) is 1. The van der Waals surface area contributed by atoms with E-state index in [1.165, 1.54) is 22.2 Å². The van der Waals surface area contributed by atoms with Crippen LogP contribution in [-0.4, -0.2) is 56.6 Å². The van der Waals surface area contributed by atoms with Crippen LogP contribution in [0.15, 0.2) is 54.6 Å². The summed E-state index contributed by atoms with van der Waals surface area (Å²) >= 11 is 1.45. The van der Waals surface area contributed by atoms with Gasteiger partial charge in [0.2, 0.25) is 11.8 Å². The molecule has 1 aliphatic carbocycles. The molecule has 2 saturated heterocycles. The predicted molar refractivity (Wildman–Crippen MR) is 152 cm³/mol. The molecule has 2 aliphatic heterocycles. The van der Waals surface area contributed by atoms with Crippen LogP contribution in [0.5, 0.6) is 5.75 Å². The predicted octanol–water partition coefficient (Wildman–Crippen LogP) is 4.78. The van der Waals surface area contributed by atoms with Crippen LogP contribution in [-0.2, 0) is 26.2 Å². The maximum Gasteiger partial charge on any atom is 0.327 e. The molecule has 5 rings (SSSR count). The normalized spacial score (nSPS) is 29.0. The van der Waals surface area contributed by atoms with Gasteiger partial charge < -0.3 is 20.1 Å². The number of carboxylic acids is 1. The zero-order chi connectivity index (χ0) is 27.8. The van der Waals surface area contributed by atoms with E-state index >= 15 is 0 Å². The molecule has 3 fully saturated rings. The van der Waals surface area contributed by atoms with Gasteiger partial charge >= 0.3 is 5.97 Å². The third-order valence-corrected chi connectivity index (χ3v) is 10.2. The molecule has 0 aromatic heterocycles. The fourth-order valence-electron chi connectivity index (χ4n) is 6.66. The molecule has 208 valence electrons. The number of aliphatic carboxylic acids is 1. The first-order valence-electron chi connectivity index (χ1n) is 14.0. The number of amides is 2. The molecule has 2 aromatic carbocycles. The van der Waals surface area contributed by atoms with Crippen molar-refractivity contribution in [3.63, 3.8) is 0 Å². The molecule has 0 unspecified atom stereocenters. The number of nitrogens with one attached hydrogen (secondary N) is 1. The summed E-state index contributed by atoms with van der Waals surface area (Å²) in [6.45, 7) is 6.48. The van der Waals surface area contributed by atoms with Gasteiger partial charge in [-0.2, -0.15) is 0 Å². The SMILES string of the molecule is CCCCOc1ccc([C@]2(C(=O)N[C@@H]3C(=O)N4[C@H]3SC(C)(C)[C@H]4C(=O)O)CCC[C@@H]2Cc2ccccc2)cc1. The van der Waals surface area contributed by atoms with Crippen LogP contribution in [0.25, 0.3) is 0 Å². The van der Waals surface area contributed by atoms with Crippen molar-refractivity contribution in [1.29, 1.82) is 0 Å². The average molecular weight is 551 g/mol. The fraction of sp³-hybridized carbons (Fsp3) is 0.516. The Labute approximate surface area is 234 Å². The second-order valence-electron chi connectivity index (χ2n) is 11.5. The Kier molecular flexibility index (Phi) is 7.68. The Balaban J connectivity index is 1.43. The van der Waals surface area contributed by atoms with E-state index in [0.29, 0.717) is 13.0 Å². The minimum absolute atomic E-state index is 0.0671. The highest BCUT2D eigenvalue weighted by atomic mass is 32.2. The van der Waals surface area contributed by atoms with E-state index in [1.807, 2.05) is 56.3 Å². The smallest absolute Gasteiger partial charge is 0.327 e. The Morgan fingerprint density at radius 2 is 1.85 bits per heavy atom. The first-order chi connectivity index (χ1) is 18.7. The zero-order valence-electron chi connectivity index (χ0n) is 22.9. The monoisotopic (exact) mass is 550 g/mol. The largest absolute Gasteiger partial charge is 0.494 e. The summed E-state index contributed by atoms with van der Waals surface area (Å²) in [4.78, 5) is 40.9. The summed E-state index contributed by atoms with van der Waals surface area (Å²) in [7, 11) is 0. The van der Waals surface area contributed by atoms with E-state index < -0.39 is 28.2 Å². The lowest BCUT2D eigenvalue weighted by molar-refractivity contribution is -0.161. The summed E-state index contributed by atoms with van der Waals surface area (Å²) in [5.74, 6) is -0.612. The number of β-lactam (4-membered cyclic amide) rings is 1. The molecule has 5 atom stereocenters. The van der Waals surface area contributed by atoms with Gasteiger partial charge in [0.15, 0.2) is 0 Å². The lowest BCUT2D eigenvalue weighted by Crippen LogP contribution is -2.72. The molecular weight excluding hydrogens is 512 g/mol. The van der Waals surface area contributed by atoms with Gasteiger partial charge in [0.25, 0.3) is 0 Å². The standard InChI is InChI=1S/C31H38N2O5S/c1-4-5-18-38-23-15-13-21(14-16-23)31(17-9-12-22(31)19-20-10-7-6-8-11-20)29(37)32-24-26(34)33-25(28(35)36)30(2,3)39-27(24)33/h6-8,10-11,13-16,22,24-25,27H,4-5,9,12,17-19H2,1-3H3,(H,32,37)(H,35,36)/t22-,24-,25-,27+,31-/m1/s1. The molecule has 3 aliphatic rings. The maximum atomic E-state index is 14.3. The molecule has 0 radical (unpaired) electrons. The summed E-state index contributed by atoms with van der Waals surface area (Å²) in [6, 6.07) is 16.5. The number of carboxylic acid groups (broad SMARTS) is 1. The van der Waals surface area contributed by atoms with Crippen LogP contribution < -0.4 is 10.1 Å². The minimum atomic E-state index is -1.01. The molecule has 2 N–H and O–H groups in total. The molecule has 7 nitrogen and oxygen atoms in total. The van der Waals surface area contributed by atoms with Crippen molar-refractivity contribution in [3.05, 3.63) is 65.7 Å². The Hall–Kier alpha value is -3.00. The first-order valence-corrected chi connectivity index (χ1v) is 14.9. The highest BCUT2D eigenvalue weighted by Crippen LogP contribution is 2.52. The number of thioether (sulfide) groups is 1. The molecule has 39 heavy (non-hydrogen) atoms. The van der Waals surface area contributed by atoms with Crippen LogP contribution in [0.1, 0.15) is 64.0 Å². The topological polar surface area (TPSA) is 95.9 Å². The number of hydrogen-bond donors (Lipinski definition) is 2. The number of benzene rings is 2. The molecule has 2 heterocycles. The molecule has 8 heteroatoms. The number of nitrogens with zero attached hydrogens (tertiary/aromatic N) is 1. The number of carbonyl (C=O) groups is 3. The van der Waals surface area contributed by atoms with Crippen molar-refractivity contribution in [2.45, 2.75) is 86.9 Å². The number of carbonyl (C=O) groups excluding carboxylic acids is 2. The molecule has 1 saturated carbocycles. The second kappa shape index (κ2) is 10.9. The van der Waals surface area contributed by atoms with Crippen LogP contribution in [0, 0.1) is 5.92 Å². The van der Waals surface area contributed by atoms with Gasteiger partial charge in [-0.15, -0.1) is 11.8 Å². The number of ether oxygens (including phenoxy) is 1. The summed E-state index contributed by atoms with van der Waals surface area (Å²) in [5.41, 5.74) is 1.33. The quantitative estimate of drug-likeness (QED) is 0.327. The average Bonchev–Trinajstić information content (AvgIpc) is 3.45. The third kappa shape index (κ3) is 4.92. The van der Waals surface area contributed by atoms with E-state index in [9.17, 15) is 19.5 Å². The van der Waals surface area contributed by atoms with E-state index in [-0.39, 0.29) is 23.1 Å². The van der Waals surface area contributed by atoms with Gasteiger partial charge in [-0.25, -0.2) is 4.79 Å². The van der Waals surface area contributed by atoms with E-state index in [0.717, 1.165) is 43.4 Å². The van der Waals surface area contributed by atoms with Crippen LogP contribution in [0.4, 0.5) is 0 Å². The summed E-state index contributed by atoms with van der Waals surface area (Å²) in [5, 5.41) is 12.5. The number of fused-ring (bicyclic) bond motifs is 1. The van der Waals surface area contributed by atoms with E-state index in [2.05, 4.69) is 24.4 Å². The Morgan fingerprint density at radius 3 is 2.51 bits per heavy atom. The van der Waals surface area contributed by atoms with Crippen molar-refractivity contribution in [1.82, 2.24) is 10.2 Å². The first kappa shape index (κ1) is 27.6. The van der Waals surface area contributed by atoms with Crippen LogP contribution >= 0.6 is 11.8 Å². The van der Waals surface area contributed by atoms with Gasteiger partial charge in [-0.3, -0.25) is 9.59 Å². The summed E-state index contributed by atoms with van der Waals surface area (Å²) < 4.78 is 5.24. The Morgan fingerprint density at radius 1 is 1.13 bits per heavy atom. The van der Waals surface area contributed by atoms with Gasteiger partial charge in [0.1, 0.15) is 23.2 Å². The van der Waals surface area contributed by atoms with Crippen LogP contribution in [0.2, 0.25) is 0 Å². The van der Waals surface area contributed by atoms with Gasteiger partial charge in [-0.05, 0) is 68.7 Å². The molecular formula is C31H38N2O5S. The van der Waals surface area contributed by atoms with Crippen LogP contribution in [0.3, 0.4) is 0 Å². The van der Waals surface area contributed by atoms with Crippen molar-refractivity contribution in [2.24, 2.45) is 5.92 Å². The summed E-state index contributed by atoms with van der Waals surface area (Å²) in [6.07, 6.45) is 5.32. The minimum Gasteiger partial charge on any atom is -0.494 e. The highest BCUT2D eigenvalue weighted by molar-refractivity contribution is 8.01. The molecule has 0 spiro atoms. The van der Waals surface area contributed by atoms with Gasteiger partial charge in [0, 0.05) is 4.75 Å². The van der Waals surface area contributed by atoms with Gasteiger partial charge in [-0.1, -0.05) is 62.2 Å². The molecule has 2 amide bonds. The number of hydrogen-bond acceptors (Lipinski definition) is 5. The number of rotatable bonds is 10. The van der Waals surface area contributed by atoms with E-state index in [1.54, 1.807) is 0 Å². The lowest BCUT2D eigenvalue weighted by atomic mass is 9.69. The van der Waals surface area contributed by atoms with Gasteiger partial charge in [0.05, 0.1) is 12.0 Å². The van der Waals surface area contributed by atoms with Crippen molar-refractivity contribution in [3.8, 4) is 5.75 Å². The van der Waals surface area contributed by atoms with Crippen molar-refractivity contribution in [2.75, 3.05) is 6.61 Å². The third-order valence-electron chi connectivity index (χ3n) is 8.65. The maximum absolute atomic E-state index is 14.3. The zero-order valence-corrected chi connectivity index (χ0v) is 23.7. The van der Waals surface area contributed by atoms with Crippen molar-refractivity contribution >= 4 is 29.5 Å². The second-order valence-corrected chi connectivity index (χ2v) is 13.3. The lowest BCUT2D eigenvalue weighted by Gasteiger charge is -2.45.